The minimum Gasteiger partial charge on any atom is -0.486 e. The molecule has 0 spiro atoms. The fraction of sp³-hybridized carbons (Fsp3) is 0.304. The number of benzene rings is 2. The fourth-order valence-corrected chi connectivity index (χ4v) is 5.62. The molecular formula is C23H23N3O5S. The van der Waals surface area contributed by atoms with E-state index in [1.165, 1.54) is 16.4 Å². The van der Waals surface area contributed by atoms with E-state index in [4.69, 9.17) is 9.47 Å². The maximum Gasteiger partial charge on any atom is 0.243 e. The number of ether oxygens (including phenoxy) is 2. The van der Waals surface area contributed by atoms with E-state index >= 15 is 0 Å². The molecular weight excluding hydrogens is 430 g/mol. The van der Waals surface area contributed by atoms with E-state index in [-0.39, 0.29) is 29.8 Å². The molecule has 0 aliphatic carbocycles. The lowest BCUT2D eigenvalue weighted by atomic mass is 9.97. The SMILES string of the molecule is O=C(Nc1cccc2cccnc12)C1CCN(S(=O)(=O)c2ccc3c(c2)OCCO3)CC1. The molecule has 1 saturated heterocycles. The van der Waals surface area contributed by atoms with Crippen molar-refractivity contribution in [1.29, 1.82) is 0 Å². The molecule has 3 heterocycles. The van der Waals surface area contributed by atoms with Crippen LogP contribution in [0.3, 0.4) is 0 Å². The molecule has 0 radical (unpaired) electrons. The van der Waals surface area contributed by atoms with Gasteiger partial charge in [0.25, 0.3) is 0 Å². The van der Waals surface area contributed by atoms with Crippen LogP contribution in [0.15, 0.2) is 59.6 Å². The average molecular weight is 454 g/mol. The Hall–Kier alpha value is -3.17. The average Bonchev–Trinajstić information content (AvgIpc) is 2.84. The predicted octanol–water partition coefficient (Wildman–Crippen LogP) is 3.05. The number of carbonyl (C=O) groups is 1. The van der Waals surface area contributed by atoms with Crippen molar-refractivity contribution in [3.63, 3.8) is 0 Å². The first kappa shape index (κ1) is 20.7. The third-order valence-corrected chi connectivity index (χ3v) is 7.76. The Bertz CT molecular complexity index is 1260. The third kappa shape index (κ3) is 3.89. The third-order valence-electron chi connectivity index (χ3n) is 5.87. The summed E-state index contributed by atoms with van der Waals surface area (Å²) in [7, 11) is -3.68. The van der Waals surface area contributed by atoms with Crippen LogP contribution in [-0.2, 0) is 14.8 Å². The van der Waals surface area contributed by atoms with Crippen molar-refractivity contribution in [2.75, 3.05) is 31.6 Å². The molecule has 1 N–H and O–H groups in total. The summed E-state index contributed by atoms with van der Waals surface area (Å²) in [5.41, 5.74) is 1.40. The van der Waals surface area contributed by atoms with E-state index in [0.717, 1.165) is 10.9 Å². The van der Waals surface area contributed by atoms with Crippen LogP contribution in [-0.4, -0.2) is 49.9 Å². The number of pyridine rings is 1. The zero-order valence-electron chi connectivity index (χ0n) is 17.4. The number of piperidine rings is 1. The summed E-state index contributed by atoms with van der Waals surface area (Å²) in [5.74, 6) is 0.615. The largest absolute Gasteiger partial charge is 0.486 e. The quantitative estimate of drug-likeness (QED) is 0.652. The normalized spacial score (nSPS) is 17.2. The lowest BCUT2D eigenvalue weighted by Gasteiger charge is -2.31. The summed E-state index contributed by atoms with van der Waals surface area (Å²) in [5, 5.41) is 3.92. The van der Waals surface area contributed by atoms with E-state index in [2.05, 4.69) is 10.3 Å². The molecule has 0 unspecified atom stereocenters. The van der Waals surface area contributed by atoms with Gasteiger partial charge in [0.1, 0.15) is 13.2 Å². The fourth-order valence-electron chi connectivity index (χ4n) is 4.13. The van der Waals surface area contributed by atoms with Crippen LogP contribution in [0.5, 0.6) is 11.5 Å². The van der Waals surface area contributed by atoms with Gasteiger partial charge in [-0.25, -0.2) is 8.42 Å². The molecule has 3 aromatic rings. The molecule has 0 saturated carbocycles. The van der Waals surface area contributed by atoms with Crippen molar-refractivity contribution in [3.8, 4) is 11.5 Å². The van der Waals surface area contributed by atoms with Crippen LogP contribution in [0.4, 0.5) is 5.69 Å². The van der Waals surface area contributed by atoms with Crippen LogP contribution >= 0.6 is 0 Å². The summed E-state index contributed by atoms with van der Waals surface area (Å²) < 4.78 is 38.6. The molecule has 2 aromatic carbocycles. The van der Waals surface area contributed by atoms with Gasteiger partial charge in [-0.3, -0.25) is 9.78 Å². The lowest BCUT2D eigenvalue weighted by Crippen LogP contribution is -2.41. The van der Waals surface area contributed by atoms with Gasteiger partial charge in [0.15, 0.2) is 11.5 Å². The van der Waals surface area contributed by atoms with Gasteiger partial charge in [0, 0.05) is 36.7 Å². The number of aromatic nitrogens is 1. The van der Waals surface area contributed by atoms with Crippen molar-refractivity contribution >= 4 is 32.5 Å². The Kier molecular flexibility index (Phi) is 5.44. The molecule has 166 valence electrons. The zero-order valence-corrected chi connectivity index (χ0v) is 18.2. The summed E-state index contributed by atoms with van der Waals surface area (Å²) in [6, 6.07) is 14.1. The molecule has 5 rings (SSSR count). The standard InChI is InChI=1S/C23H23N3O5S/c27-23(25-19-5-1-3-16-4-2-10-24-22(16)19)17-8-11-26(12-9-17)32(28,29)18-6-7-20-21(15-18)31-14-13-30-20/h1-7,10,15,17H,8-9,11-14H2,(H,25,27). The minimum absolute atomic E-state index is 0.112. The van der Waals surface area contributed by atoms with Crippen LogP contribution < -0.4 is 14.8 Å². The molecule has 1 aromatic heterocycles. The van der Waals surface area contributed by atoms with E-state index in [9.17, 15) is 13.2 Å². The number of para-hydroxylation sites is 1. The van der Waals surface area contributed by atoms with Crippen molar-refractivity contribution in [3.05, 3.63) is 54.7 Å². The molecule has 1 amide bonds. The number of anilines is 1. The van der Waals surface area contributed by atoms with Crippen molar-refractivity contribution in [2.24, 2.45) is 5.92 Å². The molecule has 0 atom stereocenters. The molecule has 2 aliphatic heterocycles. The Morgan fingerprint density at radius 2 is 1.75 bits per heavy atom. The van der Waals surface area contributed by atoms with Crippen LogP contribution in [0.1, 0.15) is 12.8 Å². The molecule has 2 aliphatic rings. The van der Waals surface area contributed by atoms with Crippen LogP contribution in [0.2, 0.25) is 0 Å². The van der Waals surface area contributed by atoms with Crippen molar-refractivity contribution < 1.29 is 22.7 Å². The zero-order chi connectivity index (χ0) is 22.1. The monoisotopic (exact) mass is 453 g/mol. The number of rotatable bonds is 4. The molecule has 8 nitrogen and oxygen atoms in total. The van der Waals surface area contributed by atoms with Crippen molar-refractivity contribution in [1.82, 2.24) is 9.29 Å². The number of hydrogen-bond donors (Lipinski definition) is 1. The first-order valence-electron chi connectivity index (χ1n) is 10.6. The van der Waals surface area contributed by atoms with Gasteiger partial charge in [0.2, 0.25) is 15.9 Å². The van der Waals surface area contributed by atoms with Gasteiger partial charge in [-0.05, 0) is 37.1 Å². The highest BCUT2D eigenvalue weighted by atomic mass is 32.2. The number of nitrogens with one attached hydrogen (secondary N) is 1. The minimum atomic E-state index is -3.68. The van der Waals surface area contributed by atoms with Crippen molar-refractivity contribution in [2.45, 2.75) is 17.7 Å². The van der Waals surface area contributed by atoms with Crippen LogP contribution in [0, 0.1) is 5.92 Å². The smallest absolute Gasteiger partial charge is 0.243 e. The Labute approximate surface area is 186 Å². The highest BCUT2D eigenvalue weighted by Crippen LogP contribution is 2.34. The second kappa shape index (κ2) is 8.40. The summed E-state index contributed by atoms with van der Waals surface area (Å²) in [6.07, 6.45) is 2.60. The number of nitrogens with zero attached hydrogens (tertiary/aromatic N) is 2. The highest BCUT2D eigenvalue weighted by Gasteiger charge is 2.33. The Morgan fingerprint density at radius 3 is 2.56 bits per heavy atom. The molecule has 32 heavy (non-hydrogen) atoms. The first-order valence-corrected chi connectivity index (χ1v) is 12.0. The van der Waals surface area contributed by atoms with Gasteiger partial charge < -0.3 is 14.8 Å². The first-order chi connectivity index (χ1) is 15.5. The van der Waals surface area contributed by atoms with E-state index in [1.807, 2.05) is 30.3 Å². The number of sulfonamides is 1. The topological polar surface area (TPSA) is 97.8 Å². The highest BCUT2D eigenvalue weighted by molar-refractivity contribution is 7.89. The molecule has 1 fully saturated rings. The van der Waals surface area contributed by atoms with Gasteiger partial charge in [-0.2, -0.15) is 4.31 Å². The Balaban J connectivity index is 1.26. The molecule has 0 bridgehead atoms. The van der Waals surface area contributed by atoms with Gasteiger partial charge in [-0.15, -0.1) is 0 Å². The van der Waals surface area contributed by atoms with Crippen LogP contribution in [0.25, 0.3) is 10.9 Å². The summed E-state index contributed by atoms with van der Waals surface area (Å²) >= 11 is 0. The Morgan fingerprint density at radius 1 is 1.00 bits per heavy atom. The van der Waals surface area contributed by atoms with Gasteiger partial charge >= 0.3 is 0 Å². The molecule has 9 heteroatoms. The predicted molar refractivity (Wildman–Crippen MR) is 119 cm³/mol. The van der Waals surface area contributed by atoms with E-state index in [1.54, 1.807) is 12.3 Å². The van der Waals surface area contributed by atoms with E-state index < -0.39 is 10.0 Å². The second-order valence-electron chi connectivity index (χ2n) is 7.85. The summed E-state index contributed by atoms with van der Waals surface area (Å²) in [4.78, 5) is 17.4. The van der Waals surface area contributed by atoms with Gasteiger partial charge in [-0.1, -0.05) is 18.2 Å². The number of fused-ring (bicyclic) bond motifs is 2. The lowest BCUT2D eigenvalue weighted by molar-refractivity contribution is -0.120. The maximum absolute atomic E-state index is 13.1. The number of carbonyl (C=O) groups excluding carboxylic acids is 1. The number of amides is 1. The second-order valence-corrected chi connectivity index (χ2v) is 9.79. The van der Waals surface area contributed by atoms with E-state index in [0.29, 0.717) is 43.2 Å². The number of hydrogen-bond acceptors (Lipinski definition) is 6. The van der Waals surface area contributed by atoms with Gasteiger partial charge in [0.05, 0.1) is 16.1 Å². The summed E-state index contributed by atoms with van der Waals surface area (Å²) in [6.45, 7) is 1.40. The maximum atomic E-state index is 13.1.